The second-order valence-electron chi connectivity index (χ2n) is 8.22. The summed E-state index contributed by atoms with van der Waals surface area (Å²) in [5, 5.41) is 1.14. The average molecular weight is 452 g/mol. The molecule has 1 amide bonds. The van der Waals surface area contributed by atoms with Crippen LogP contribution in [0.5, 0.6) is 0 Å². The van der Waals surface area contributed by atoms with Crippen molar-refractivity contribution in [1.82, 2.24) is 19.4 Å². The molecule has 0 atom stereocenters. The molecule has 0 N–H and O–H groups in total. The van der Waals surface area contributed by atoms with E-state index in [1.807, 2.05) is 4.90 Å². The number of nitrogens with zero attached hydrogens (tertiary/aromatic N) is 5. The number of pyridine rings is 1. The van der Waals surface area contributed by atoms with Crippen LogP contribution in [0.15, 0.2) is 23.5 Å². The summed E-state index contributed by atoms with van der Waals surface area (Å²) in [6.07, 6.45) is 1.31. The SMILES string of the molecule is C=CC(=O)N1CCN(c2nc(=O)n(C(C(C)C)C(C)C)c3nc(Cl)c(Cl)cc23)CC1. The minimum Gasteiger partial charge on any atom is -0.352 e. The smallest absolute Gasteiger partial charge is 0.351 e. The minimum atomic E-state index is -0.361. The van der Waals surface area contributed by atoms with Crippen LogP contribution < -0.4 is 10.6 Å². The van der Waals surface area contributed by atoms with Gasteiger partial charge in [0.15, 0.2) is 0 Å². The summed E-state index contributed by atoms with van der Waals surface area (Å²) < 4.78 is 1.65. The van der Waals surface area contributed by atoms with Gasteiger partial charge in [-0.3, -0.25) is 9.36 Å². The van der Waals surface area contributed by atoms with Crippen LogP contribution in [0.4, 0.5) is 5.82 Å². The van der Waals surface area contributed by atoms with E-state index in [9.17, 15) is 9.59 Å². The molecule has 2 aromatic heterocycles. The topological polar surface area (TPSA) is 71.3 Å². The van der Waals surface area contributed by atoms with Crippen molar-refractivity contribution in [2.24, 2.45) is 11.8 Å². The van der Waals surface area contributed by atoms with E-state index in [-0.39, 0.29) is 34.6 Å². The van der Waals surface area contributed by atoms with Gasteiger partial charge in [-0.2, -0.15) is 4.98 Å². The van der Waals surface area contributed by atoms with E-state index in [0.29, 0.717) is 48.1 Å². The third-order valence-corrected chi connectivity index (χ3v) is 6.19. The van der Waals surface area contributed by atoms with Crippen molar-refractivity contribution < 1.29 is 4.79 Å². The van der Waals surface area contributed by atoms with Crippen molar-refractivity contribution >= 4 is 46.0 Å². The minimum absolute atomic E-state index is 0.0895. The molecular weight excluding hydrogens is 425 g/mol. The summed E-state index contributed by atoms with van der Waals surface area (Å²) in [5.74, 6) is 0.817. The lowest BCUT2D eigenvalue weighted by atomic mass is 9.93. The van der Waals surface area contributed by atoms with Gasteiger partial charge in [-0.1, -0.05) is 57.5 Å². The van der Waals surface area contributed by atoms with Crippen LogP contribution in [0.25, 0.3) is 11.0 Å². The molecule has 0 bridgehead atoms. The van der Waals surface area contributed by atoms with E-state index in [0.717, 1.165) is 0 Å². The van der Waals surface area contributed by atoms with E-state index >= 15 is 0 Å². The summed E-state index contributed by atoms with van der Waals surface area (Å²) in [4.78, 5) is 37.7. The lowest BCUT2D eigenvalue weighted by Crippen LogP contribution is -2.49. The zero-order valence-corrected chi connectivity index (χ0v) is 19.2. The van der Waals surface area contributed by atoms with E-state index in [1.165, 1.54) is 6.08 Å². The molecule has 0 saturated carbocycles. The Labute approximate surface area is 186 Å². The number of amides is 1. The summed E-state index contributed by atoms with van der Waals surface area (Å²) in [6.45, 7) is 14.0. The van der Waals surface area contributed by atoms with Gasteiger partial charge in [0, 0.05) is 32.2 Å². The number of hydrogen-bond donors (Lipinski definition) is 0. The highest BCUT2D eigenvalue weighted by Crippen LogP contribution is 2.33. The first-order valence-corrected chi connectivity index (χ1v) is 10.9. The second-order valence-corrected chi connectivity index (χ2v) is 8.98. The zero-order valence-electron chi connectivity index (χ0n) is 17.7. The monoisotopic (exact) mass is 451 g/mol. The van der Waals surface area contributed by atoms with Gasteiger partial charge in [0.1, 0.15) is 16.6 Å². The summed E-state index contributed by atoms with van der Waals surface area (Å²) in [7, 11) is 0. The molecule has 0 spiro atoms. The maximum Gasteiger partial charge on any atom is 0.351 e. The largest absolute Gasteiger partial charge is 0.352 e. The highest BCUT2D eigenvalue weighted by Gasteiger charge is 2.28. The first-order chi connectivity index (χ1) is 14.1. The predicted octanol–water partition coefficient (Wildman–Crippen LogP) is 3.79. The van der Waals surface area contributed by atoms with Crippen molar-refractivity contribution in [3.63, 3.8) is 0 Å². The molecule has 2 aromatic rings. The van der Waals surface area contributed by atoms with Crippen molar-refractivity contribution in [3.8, 4) is 0 Å². The van der Waals surface area contributed by atoms with Crippen molar-refractivity contribution in [2.75, 3.05) is 31.1 Å². The Kier molecular flexibility index (Phi) is 6.72. The fourth-order valence-corrected chi connectivity index (χ4v) is 4.53. The molecule has 1 fully saturated rings. The molecule has 0 aliphatic carbocycles. The first-order valence-electron chi connectivity index (χ1n) is 10.1. The maximum absolute atomic E-state index is 13.2. The Morgan fingerprint density at radius 2 is 1.70 bits per heavy atom. The van der Waals surface area contributed by atoms with Crippen molar-refractivity contribution in [2.45, 2.75) is 33.7 Å². The molecule has 0 unspecified atom stereocenters. The number of anilines is 1. The Morgan fingerprint density at radius 1 is 1.10 bits per heavy atom. The van der Waals surface area contributed by atoms with Crippen LogP contribution >= 0.6 is 23.2 Å². The second kappa shape index (κ2) is 8.94. The summed E-state index contributed by atoms with van der Waals surface area (Å²) in [5.41, 5.74) is 0.122. The summed E-state index contributed by atoms with van der Waals surface area (Å²) in [6, 6.07) is 1.64. The molecular formula is C21H27Cl2N5O2. The van der Waals surface area contributed by atoms with Crippen LogP contribution in [-0.2, 0) is 4.79 Å². The van der Waals surface area contributed by atoms with Crippen LogP contribution in [0.2, 0.25) is 10.2 Å². The molecule has 3 rings (SSSR count). The molecule has 0 aromatic carbocycles. The van der Waals surface area contributed by atoms with Gasteiger partial charge in [-0.15, -0.1) is 0 Å². The molecule has 1 aliphatic heterocycles. The Morgan fingerprint density at radius 3 is 2.23 bits per heavy atom. The number of carbonyl (C=O) groups is 1. The number of piperazine rings is 1. The average Bonchev–Trinajstić information content (AvgIpc) is 2.70. The first kappa shape index (κ1) is 22.6. The number of aromatic nitrogens is 3. The van der Waals surface area contributed by atoms with Crippen LogP contribution in [-0.4, -0.2) is 51.5 Å². The quantitative estimate of drug-likeness (QED) is 0.510. The van der Waals surface area contributed by atoms with E-state index < -0.39 is 0 Å². The van der Waals surface area contributed by atoms with E-state index in [4.69, 9.17) is 23.2 Å². The predicted molar refractivity (Wildman–Crippen MR) is 122 cm³/mol. The molecule has 1 aliphatic rings. The van der Waals surface area contributed by atoms with Gasteiger partial charge >= 0.3 is 5.69 Å². The molecule has 7 nitrogen and oxygen atoms in total. The Bertz CT molecular complexity index is 1020. The lowest BCUT2D eigenvalue weighted by Gasteiger charge is -2.36. The summed E-state index contributed by atoms with van der Waals surface area (Å²) >= 11 is 12.5. The van der Waals surface area contributed by atoms with Gasteiger partial charge in [0.05, 0.1) is 10.4 Å². The molecule has 1 saturated heterocycles. The Hall–Kier alpha value is -2.12. The number of rotatable bonds is 5. The van der Waals surface area contributed by atoms with Gasteiger partial charge in [0.25, 0.3) is 0 Å². The Balaban J connectivity index is 2.15. The maximum atomic E-state index is 13.2. The zero-order chi connectivity index (χ0) is 22.2. The van der Waals surface area contributed by atoms with Gasteiger partial charge < -0.3 is 9.80 Å². The molecule has 9 heteroatoms. The fraction of sp³-hybridized carbons (Fsp3) is 0.524. The standard InChI is InChI=1S/C21H27Cl2N5O2/c1-6-16(29)26-7-9-27(10-8-26)19-14-11-15(22)18(23)24-20(14)28(21(30)25-19)17(12(2)3)13(4)5/h6,11-13,17H,1,7-10H2,2-5H3. The highest BCUT2D eigenvalue weighted by atomic mass is 35.5. The molecule has 30 heavy (non-hydrogen) atoms. The highest BCUT2D eigenvalue weighted by molar-refractivity contribution is 6.41. The molecule has 0 radical (unpaired) electrons. The number of hydrogen-bond acceptors (Lipinski definition) is 5. The van der Waals surface area contributed by atoms with Gasteiger partial charge in [-0.25, -0.2) is 9.78 Å². The molecule has 162 valence electrons. The van der Waals surface area contributed by atoms with Crippen LogP contribution in [0, 0.1) is 11.8 Å². The van der Waals surface area contributed by atoms with Gasteiger partial charge in [0.2, 0.25) is 5.91 Å². The lowest BCUT2D eigenvalue weighted by molar-refractivity contribution is -0.126. The number of carbonyl (C=O) groups excluding carboxylic acids is 1. The van der Waals surface area contributed by atoms with E-state index in [2.05, 4.69) is 44.2 Å². The van der Waals surface area contributed by atoms with Crippen LogP contribution in [0.3, 0.4) is 0 Å². The normalized spacial score (nSPS) is 15.0. The molecule has 3 heterocycles. The van der Waals surface area contributed by atoms with Crippen molar-refractivity contribution in [1.29, 1.82) is 0 Å². The van der Waals surface area contributed by atoms with E-state index in [1.54, 1.807) is 15.5 Å². The van der Waals surface area contributed by atoms with Gasteiger partial charge in [-0.05, 0) is 24.0 Å². The fourth-order valence-electron chi connectivity index (χ4n) is 4.24. The third-order valence-electron chi connectivity index (χ3n) is 5.52. The number of halogens is 2. The van der Waals surface area contributed by atoms with Crippen molar-refractivity contribution in [3.05, 3.63) is 39.4 Å². The van der Waals surface area contributed by atoms with Crippen LogP contribution in [0.1, 0.15) is 33.7 Å². The third kappa shape index (κ3) is 4.18. The number of fused-ring (bicyclic) bond motifs is 1.